The van der Waals surface area contributed by atoms with Crippen molar-refractivity contribution in [3.05, 3.63) is 57.3 Å². The van der Waals surface area contributed by atoms with Crippen LogP contribution in [-0.4, -0.2) is 27.8 Å². The van der Waals surface area contributed by atoms with Crippen LogP contribution < -0.4 is 4.74 Å². The van der Waals surface area contributed by atoms with Gasteiger partial charge in [-0.05, 0) is 40.2 Å². The highest BCUT2D eigenvalue weighted by molar-refractivity contribution is 9.10. The van der Waals surface area contributed by atoms with Gasteiger partial charge in [-0.2, -0.15) is 5.01 Å². The van der Waals surface area contributed by atoms with Gasteiger partial charge in [-0.15, -0.1) is 5.10 Å². The number of rotatable bonds is 3. The third kappa shape index (κ3) is 3.71. The van der Waals surface area contributed by atoms with Gasteiger partial charge >= 0.3 is 5.97 Å². The fraction of sp³-hybridized carbons (Fsp3) is 0.176. The fourth-order valence-corrected chi connectivity index (χ4v) is 3.28. The van der Waals surface area contributed by atoms with E-state index in [2.05, 4.69) is 26.0 Å². The fourth-order valence-electron chi connectivity index (χ4n) is 2.39. The molecule has 0 saturated heterocycles. The molecule has 1 aromatic heterocycles. The zero-order chi connectivity index (χ0) is 18.8. The van der Waals surface area contributed by atoms with Gasteiger partial charge in [-0.1, -0.05) is 11.6 Å². The molecule has 3 rings (SSSR count). The molecule has 0 aliphatic carbocycles. The summed E-state index contributed by atoms with van der Waals surface area (Å²) in [4.78, 5) is 27.4. The molecule has 26 heavy (non-hydrogen) atoms. The van der Waals surface area contributed by atoms with Crippen LogP contribution in [0.2, 0.25) is 5.02 Å². The Kier molecular flexibility index (Phi) is 5.24. The van der Waals surface area contributed by atoms with Gasteiger partial charge in [0.1, 0.15) is 0 Å². The summed E-state index contributed by atoms with van der Waals surface area (Å²) in [6.45, 7) is 2.66. The van der Waals surface area contributed by atoms with Crippen molar-refractivity contribution < 1.29 is 19.1 Å². The van der Waals surface area contributed by atoms with E-state index in [1.165, 1.54) is 18.9 Å². The molecule has 0 N–H and O–H groups in total. The average molecular weight is 439 g/mol. The largest absolute Gasteiger partial charge is 0.446 e. The van der Waals surface area contributed by atoms with Crippen LogP contribution in [0, 0.1) is 0 Å². The molecule has 9 heteroatoms. The van der Waals surface area contributed by atoms with E-state index in [-0.39, 0.29) is 17.6 Å². The monoisotopic (exact) mass is 437 g/mol. The van der Waals surface area contributed by atoms with Crippen LogP contribution in [-0.2, 0) is 14.3 Å². The van der Waals surface area contributed by atoms with Gasteiger partial charge in [0.2, 0.25) is 18.0 Å². The van der Waals surface area contributed by atoms with Crippen LogP contribution in [0.3, 0.4) is 0 Å². The summed E-state index contributed by atoms with van der Waals surface area (Å²) in [6, 6.07) is 6.58. The normalized spacial score (nSPS) is 16.1. The van der Waals surface area contributed by atoms with Gasteiger partial charge in [0.15, 0.2) is 5.75 Å². The molecule has 1 atom stereocenters. The number of hydrogen-bond acceptors (Lipinski definition) is 6. The number of amides is 1. The summed E-state index contributed by atoms with van der Waals surface area (Å²) < 4.78 is 11.6. The molecular formula is C17H13BrClN3O4. The van der Waals surface area contributed by atoms with Gasteiger partial charge < -0.3 is 9.47 Å². The SMILES string of the molecule is CC(=O)Oc1c(Br)cc(Cl)cc1C1=NN(C(C)=O)[C@@H](c2ccncc2)O1. The summed E-state index contributed by atoms with van der Waals surface area (Å²) in [5.74, 6) is -0.500. The Bertz CT molecular complexity index is 904. The number of esters is 1. The molecule has 2 aromatic rings. The molecule has 0 fully saturated rings. The minimum Gasteiger partial charge on any atom is -0.446 e. The minimum atomic E-state index is -0.756. The maximum atomic E-state index is 12.0. The topological polar surface area (TPSA) is 81.1 Å². The molecule has 7 nitrogen and oxygen atoms in total. The number of carbonyl (C=O) groups excluding carboxylic acids is 2. The molecule has 1 aromatic carbocycles. The maximum absolute atomic E-state index is 12.0. The van der Waals surface area contributed by atoms with E-state index in [1.807, 2.05) is 0 Å². The number of nitrogens with zero attached hydrogens (tertiary/aromatic N) is 3. The van der Waals surface area contributed by atoms with Crippen LogP contribution >= 0.6 is 27.5 Å². The van der Waals surface area contributed by atoms with E-state index in [0.717, 1.165) is 0 Å². The molecule has 134 valence electrons. The molecule has 1 aliphatic rings. The number of hydrazone groups is 1. The van der Waals surface area contributed by atoms with Crippen LogP contribution in [0.4, 0.5) is 0 Å². The van der Waals surface area contributed by atoms with E-state index >= 15 is 0 Å². The third-order valence-electron chi connectivity index (χ3n) is 3.44. The zero-order valence-electron chi connectivity index (χ0n) is 13.8. The van der Waals surface area contributed by atoms with Crippen molar-refractivity contribution in [1.82, 2.24) is 9.99 Å². The number of ether oxygens (including phenoxy) is 2. The Hall–Kier alpha value is -2.45. The zero-order valence-corrected chi connectivity index (χ0v) is 16.1. The van der Waals surface area contributed by atoms with E-state index in [4.69, 9.17) is 21.1 Å². The number of halogens is 2. The first-order chi connectivity index (χ1) is 12.4. The van der Waals surface area contributed by atoms with Crippen molar-refractivity contribution in [2.45, 2.75) is 20.1 Å². The second-order valence-electron chi connectivity index (χ2n) is 5.38. The molecule has 0 radical (unpaired) electrons. The van der Waals surface area contributed by atoms with Crippen molar-refractivity contribution in [3.8, 4) is 5.75 Å². The predicted octanol–water partition coefficient (Wildman–Crippen LogP) is 3.66. The maximum Gasteiger partial charge on any atom is 0.308 e. The molecule has 0 unspecified atom stereocenters. The van der Waals surface area contributed by atoms with E-state index in [0.29, 0.717) is 20.6 Å². The lowest BCUT2D eigenvalue weighted by Crippen LogP contribution is -2.25. The molecule has 2 heterocycles. The smallest absolute Gasteiger partial charge is 0.308 e. The Balaban J connectivity index is 2.06. The van der Waals surface area contributed by atoms with Crippen molar-refractivity contribution in [2.75, 3.05) is 0 Å². The first-order valence-corrected chi connectivity index (χ1v) is 8.66. The molecule has 1 amide bonds. The summed E-state index contributed by atoms with van der Waals surface area (Å²) in [5, 5.41) is 5.84. The average Bonchev–Trinajstić information content (AvgIpc) is 3.03. The van der Waals surface area contributed by atoms with Crippen molar-refractivity contribution in [1.29, 1.82) is 0 Å². The first-order valence-electron chi connectivity index (χ1n) is 7.49. The Labute approximate surface area is 162 Å². The van der Waals surface area contributed by atoms with Gasteiger partial charge in [0.05, 0.1) is 10.0 Å². The van der Waals surface area contributed by atoms with Gasteiger partial charge in [-0.25, -0.2) is 0 Å². The molecular weight excluding hydrogens is 426 g/mol. The number of aromatic nitrogens is 1. The van der Waals surface area contributed by atoms with Crippen molar-refractivity contribution in [2.24, 2.45) is 5.10 Å². The highest BCUT2D eigenvalue weighted by Gasteiger charge is 2.35. The van der Waals surface area contributed by atoms with Gasteiger partial charge in [0, 0.05) is 36.8 Å². The standard InChI is InChI=1S/C17H13BrClN3O4/c1-9(23)22-17(11-3-5-20-6-4-11)26-16(21-22)13-7-12(19)8-14(18)15(13)25-10(2)24/h3-8,17H,1-2H3/t17-/m1/s1. The van der Waals surface area contributed by atoms with Gasteiger partial charge in [-0.3, -0.25) is 14.6 Å². The predicted molar refractivity (Wildman–Crippen MR) is 97.6 cm³/mol. The lowest BCUT2D eigenvalue weighted by Gasteiger charge is -2.19. The Morgan fingerprint density at radius 2 is 1.96 bits per heavy atom. The number of carbonyl (C=O) groups is 2. The first kappa shape index (κ1) is 18.3. The van der Waals surface area contributed by atoms with Crippen LogP contribution in [0.1, 0.15) is 31.2 Å². The quantitative estimate of drug-likeness (QED) is 0.539. The van der Waals surface area contributed by atoms with E-state index in [1.54, 1.807) is 36.7 Å². The molecule has 0 spiro atoms. The van der Waals surface area contributed by atoms with Crippen molar-refractivity contribution in [3.63, 3.8) is 0 Å². The lowest BCUT2D eigenvalue weighted by molar-refractivity contribution is -0.135. The van der Waals surface area contributed by atoms with Gasteiger partial charge in [0.25, 0.3) is 0 Å². The van der Waals surface area contributed by atoms with E-state index in [9.17, 15) is 9.59 Å². The molecule has 1 aliphatic heterocycles. The minimum absolute atomic E-state index is 0.112. The second kappa shape index (κ2) is 7.43. The second-order valence-corrected chi connectivity index (χ2v) is 6.67. The lowest BCUT2D eigenvalue weighted by atomic mass is 10.2. The number of pyridine rings is 1. The van der Waals surface area contributed by atoms with Crippen LogP contribution in [0.15, 0.2) is 46.2 Å². The molecule has 0 bridgehead atoms. The summed E-state index contributed by atoms with van der Waals surface area (Å²) >= 11 is 9.44. The Morgan fingerprint density at radius 1 is 1.27 bits per heavy atom. The van der Waals surface area contributed by atoms with Crippen LogP contribution in [0.5, 0.6) is 5.75 Å². The summed E-state index contributed by atoms with van der Waals surface area (Å²) in [7, 11) is 0. The summed E-state index contributed by atoms with van der Waals surface area (Å²) in [6.07, 6.45) is 2.43. The Morgan fingerprint density at radius 3 is 2.58 bits per heavy atom. The number of hydrogen-bond donors (Lipinski definition) is 0. The molecule has 0 saturated carbocycles. The highest BCUT2D eigenvalue weighted by Crippen LogP contribution is 2.37. The third-order valence-corrected chi connectivity index (χ3v) is 4.25. The summed E-state index contributed by atoms with van der Waals surface area (Å²) in [5.41, 5.74) is 1.05. The van der Waals surface area contributed by atoms with Crippen molar-refractivity contribution >= 4 is 45.3 Å². The highest BCUT2D eigenvalue weighted by atomic mass is 79.9. The number of benzene rings is 1. The van der Waals surface area contributed by atoms with Crippen LogP contribution in [0.25, 0.3) is 0 Å². The van der Waals surface area contributed by atoms with E-state index < -0.39 is 12.2 Å².